The van der Waals surface area contributed by atoms with Crippen molar-refractivity contribution in [3.8, 4) is 0 Å². The Bertz CT molecular complexity index is 705. The summed E-state index contributed by atoms with van der Waals surface area (Å²) in [5.74, 6) is 0.517. The number of carbonyl (C=O) groups is 1. The highest BCUT2D eigenvalue weighted by molar-refractivity contribution is 5.95. The first-order valence-electron chi connectivity index (χ1n) is 7.14. The molecule has 0 atom stereocenters. The van der Waals surface area contributed by atoms with Gasteiger partial charge in [0.15, 0.2) is 0 Å². The zero-order valence-electron chi connectivity index (χ0n) is 12.2. The minimum absolute atomic E-state index is 0.0282. The highest BCUT2D eigenvalue weighted by Crippen LogP contribution is 2.31. The van der Waals surface area contributed by atoms with Gasteiger partial charge < -0.3 is 9.32 Å². The van der Waals surface area contributed by atoms with Gasteiger partial charge in [-0.15, -0.1) is 0 Å². The molecule has 0 bridgehead atoms. The molecule has 0 spiro atoms. The molecule has 0 radical (unpaired) electrons. The summed E-state index contributed by atoms with van der Waals surface area (Å²) in [6, 6.07) is 8.40. The first-order chi connectivity index (χ1) is 10.6. The summed E-state index contributed by atoms with van der Waals surface area (Å²) < 4.78 is 5.31. The number of carbonyl (C=O) groups excluding carboxylic acids is 1. The number of aryl methyl sites for hydroxylation is 1. The van der Waals surface area contributed by atoms with Gasteiger partial charge in [-0.05, 0) is 38.0 Å². The van der Waals surface area contributed by atoms with E-state index in [1.165, 1.54) is 6.07 Å². The molecule has 1 aliphatic carbocycles. The van der Waals surface area contributed by atoms with Crippen molar-refractivity contribution < 1.29 is 14.1 Å². The van der Waals surface area contributed by atoms with E-state index >= 15 is 0 Å². The second kappa shape index (κ2) is 5.63. The van der Waals surface area contributed by atoms with Crippen LogP contribution in [0.2, 0.25) is 0 Å². The lowest BCUT2D eigenvalue weighted by atomic mass is 10.1. The number of benzene rings is 1. The lowest BCUT2D eigenvalue weighted by molar-refractivity contribution is -0.385. The number of nitro benzene ring substituents is 1. The number of nitrogens with zero attached hydrogens (tertiary/aromatic N) is 2. The Balaban J connectivity index is 1.87. The summed E-state index contributed by atoms with van der Waals surface area (Å²) in [4.78, 5) is 25.0. The van der Waals surface area contributed by atoms with E-state index in [-0.39, 0.29) is 17.6 Å². The number of hydrogen-bond donors (Lipinski definition) is 0. The maximum atomic E-state index is 12.7. The van der Waals surface area contributed by atoms with Crippen LogP contribution in [0.1, 0.15) is 34.5 Å². The minimum atomic E-state index is -0.458. The zero-order chi connectivity index (χ0) is 15.7. The van der Waals surface area contributed by atoms with Crippen molar-refractivity contribution in [2.45, 2.75) is 32.4 Å². The van der Waals surface area contributed by atoms with Gasteiger partial charge >= 0.3 is 0 Å². The zero-order valence-corrected chi connectivity index (χ0v) is 12.2. The Morgan fingerprint density at radius 1 is 1.41 bits per heavy atom. The molecule has 1 aromatic heterocycles. The summed E-state index contributed by atoms with van der Waals surface area (Å²) >= 11 is 0. The highest BCUT2D eigenvalue weighted by Gasteiger charge is 2.34. The second-order valence-electron chi connectivity index (χ2n) is 5.50. The van der Waals surface area contributed by atoms with E-state index in [0.717, 1.165) is 12.8 Å². The summed E-state index contributed by atoms with van der Waals surface area (Å²) in [7, 11) is 0. The van der Waals surface area contributed by atoms with E-state index in [1.54, 1.807) is 36.3 Å². The molecule has 2 aromatic rings. The lowest BCUT2D eigenvalue weighted by Gasteiger charge is -2.21. The number of nitro groups is 1. The summed E-state index contributed by atoms with van der Waals surface area (Å²) in [6.45, 7) is 2.05. The molecule has 1 aliphatic rings. The molecule has 1 aromatic carbocycles. The maximum Gasteiger partial charge on any atom is 0.273 e. The van der Waals surface area contributed by atoms with Gasteiger partial charge in [0.1, 0.15) is 5.76 Å². The fourth-order valence-corrected chi connectivity index (χ4v) is 2.43. The van der Waals surface area contributed by atoms with E-state index < -0.39 is 4.92 Å². The Morgan fingerprint density at radius 3 is 2.77 bits per heavy atom. The maximum absolute atomic E-state index is 12.7. The van der Waals surface area contributed by atoms with Crippen molar-refractivity contribution in [3.63, 3.8) is 0 Å². The summed E-state index contributed by atoms with van der Waals surface area (Å²) in [6.07, 6.45) is 3.49. The van der Waals surface area contributed by atoms with E-state index in [1.807, 2.05) is 6.07 Å². The van der Waals surface area contributed by atoms with Crippen molar-refractivity contribution in [2.24, 2.45) is 0 Å². The van der Waals surface area contributed by atoms with Crippen LogP contribution >= 0.6 is 0 Å². The third-order valence-electron chi connectivity index (χ3n) is 3.81. The third kappa shape index (κ3) is 2.86. The standard InChI is InChI=1S/C16H16N2O4/c1-11-4-5-12(9-15(11)18(20)21)16(19)17(13-6-7-13)10-14-3-2-8-22-14/h2-5,8-9,13H,6-7,10H2,1H3. The quantitative estimate of drug-likeness (QED) is 0.627. The fourth-order valence-electron chi connectivity index (χ4n) is 2.43. The summed E-state index contributed by atoms with van der Waals surface area (Å²) in [5, 5.41) is 11.0. The van der Waals surface area contributed by atoms with Gasteiger partial charge in [-0.2, -0.15) is 0 Å². The monoisotopic (exact) mass is 300 g/mol. The first-order valence-corrected chi connectivity index (χ1v) is 7.14. The van der Waals surface area contributed by atoms with Gasteiger partial charge in [-0.3, -0.25) is 14.9 Å². The molecular formula is C16H16N2O4. The van der Waals surface area contributed by atoms with E-state index in [2.05, 4.69) is 0 Å². The van der Waals surface area contributed by atoms with Crippen LogP contribution in [0.15, 0.2) is 41.0 Å². The third-order valence-corrected chi connectivity index (χ3v) is 3.81. The van der Waals surface area contributed by atoms with Crippen LogP contribution in [0.4, 0.5) is 5.69 Å². The lowest BCUT2D eigenvalue weighted by Crippen LogP contribution is -2.32. The van der Waals surface area contributed by atoms with Crippen LogP contribution < -0.4 is 0 Å². The van der Waals surface area contributed by atoms with Crippen molar-refractivity contribution in [1.29, 1.82) is 0 Å². The average Bonchev–Trinajstić information content (AvgIpc) is 3.21. The molecule has 0 N–H and O–H groups in total. The van der Waals surface area contributed by atoms with Crippen LogP contribution in [-0.2, 0) is 6.54 Å². The molecular weight excluding hydrogens is 284 g/mol. The van der Waals surface area contributed by atoms with E-state index in [4.69, 9.17) is 4.42 Å². The largest absolute Gasteiger partial charge is 0.467 e. The normalized spacial score (nSPS) is 13.9. The van der Waals surface area contributed by atoms with Gasteiger partial charge in [0.25, 0.3) is 11.6 Å². The molecule has 0 aliphatic heterocycles. The molecule has 1 fully saturated rings. The average molecular weight is 300 g/mol. The van der Waals surface area contributed by atoms with Crippen molar-refractivity contribution in [1.82, 2.24) is 4.90 Å². The topological polar surface area (TPSA) is 76.6 Å². The number of amides is 1. The molecule has 6 heteroatoms. The SMILES string of the molecule is Cc1ccc(C(=O)N(Cc2ccco2)C2CC2)cc1[N+](=O)[O-]. The minimum Gasteiger partial charge on any atom is -0.467 e. The molecule has 114 valence electrons. The van der Waals surface area contributed by atoms with Crippen LogP contribution in [-0.4, -0.2) is 21.8 Å². The van der Waals surface area contributed by atoms with E-state index in [0.29, 0.717) is 23.4 Å². The van der Waals surface area contributed by atoms with Gasteiger partial charge in [0.05, 0.1) is 17.7 Å². The molecule has 1 amide bonds. The van der Waals surface area contributed by atoms with Crippen LogP contribution in [0.25, 0.3) is 0 Å². The Hall–Kier alpha value is -2.63. The van der Waals surface area contributed by atoms with Crippen molar-refractivity contribution in [2.75, 3.05) is 0 Å². The van der Waals surface area contributed by atoms with Crippen molar-refractivity contribution in [3.05, 3.63) is 63.6 Å². The molecule has 6 nitrogen and oxygen atoms in total. The molecule has 1 saturated carbocycles. The van der Waals surface area contributed by atoms with Crippen LogP contribution in [0, 0.1) is 17.0 Å². The Morgan fingerprint density at radius 2 is 2.18 bits per heavy atom. The van der Waals surface area contributed by atoms with E-state index in [9.17, 15) is 14.9 Å². The van der Waals surface area contributed by atoms with Crippen molar-refractivity contribution >= 4 is 11.6 Å². The summed E-state index contributed by atoms with van der Waals surface area (Å²) in [5.41, 5.74) is 0.862. The Kier molecular flexibility index (Phi) is 3.66. The molecule has 0 unspecified atom stereocenters. The van der Waals surface area contributed by atoms with Crippen LogP contribution in [0.3, 0.4) is 0 Å². The van der Waals surface area contributed by atoms with Gasteiger partial charge in [-0.1, -0.05) is 6.07 Å². The molecule has 1 heterocycles. The first kappa shape index (κ1) is 14.3. The number of hydrogen-bond acceptors (Lipinski definition) is 4. The molecule has 3 rings (SSSR count). The Labute approximate surface area is 127 Å². The second-order valence-corrected chi connectivity index (χ2v) is 5.50. The highest BCUT2D eigenvalue weighted by atomic mass is 16.6. The molecule has 22 heavy (non-hydrogen) atoms. The smallest absolute Gasteiger partial charge is 0.273 e. The predicted molar refractivity (Wildman–Crippen MR) is 79.4 cm³/mol. The fraction of sp³-hybridized carbons (Fsp3) is 0.312. The molecule has 0 saturated heterocycles. The number of rotatable bonds is 5. The van der Waals surface area contributed by atoms with Gasteiger partial charge in [0.2, 0.25) is 0 Å². The van der Waals surface area contributed by atoms with Gasteiger partial charge in [-0.25, -0.2) is 0 Å². The van der Waals surface area contributed by atoms with Crippen LogP contribution in [0.5, 0.6) is 0 Å². The predicted octanol–water partition coefficient (Wildman–Crippen LogP) is 3.30. The number of furan rings is 1. The van der Waals surface area contributed by atoms with Gasteiger partial charge in [0, 0.05) is 23.2 Å².